The third kappa shape index (κ3) is 5.78. The summed E-state index contributed by atoms with van der Waals surface area (Å²) in [6.45, 7) is 3.14. The second kappa shape index (κ2) is 13.5. The van der Waals surface area contributed by atoms with Gasteiger partial charge in [-0.3, -0.25) is 0 Å². The molecule has 3 heterocycles. The average Bonchev–Trinajstić information content (AvgIpc) is 3.39. The Balaban J connectivity index is 1.03. The van der Waals surface area contributed by atoms with Crippen molar-refractivity contribution in [1.82, 2.24) is 0 Å². The summed E-state index contributed by atoms with van der Waals surface area (Å²) in [5, 5.41) is 87.4. The van der Waals surface area contributed by atoms with Gasteiger partial charge in [-0.1, -0.05) is 6.92 Å². The molecule has 0 amide bonds. The molecule has 15 nitrogen and oxygen atoms in total. The van der Waals surface area contributed by atoms with Gasteiger partial charge in [0.15, 0.2) is 12.6 Å². The third-order valence-corrected chi connectivity index (χ3v) is 14.1. The highest BCUT2D eigenvalue weighted by Crippen LogP contribution is 2.71. The van der Waals surface area contributed by atoms with Gasteiger partial charge in [-0.15, -0.1) is 0 Å². The second-order valence-corrected chi connectivity index (χ2v) is 16.3. The first-order valence-electron chi connectivity index (χ1n) is 18.3. The van der Waals surface area contributed by atoms with Gasteiger partial charge in [0.1, 0.15) is 49.0 Å². The van der Waals surface area contributed by atoms with Crippen LogP contribution in [-0.4, -0.2) is 132 Å². The summed E-state index contributed by atoms with van der Waals surface area (Å²) in [7, 11) is 0. The molecule has 8 N–H and O–H groups in total. The summed E-state index contributed by atoms with van der Waals surface area (Å²) in [5.41, 5.74) is -3.79. The van der Waals surface area contributed by atoms with Crippen molar-refractivity contribution in [2.24, 2.45) is 22.7 Å². The van der Waals surface area contributed by atoms with E-state index in [1.807, 2.05) is 0 Å². The minimum Gasteiger partial charge on any atom is -0.431 e. The lowest BCUT2D eigenvalue weighted by molar-refractivity contribution is -0.339. The number of carbonyl (C=O) groups is 1. The van der Waals surface area contributed by atoms with Gasteiger partial charge < -0.3 is 69.0 Å². The van der Waals surface area contributed by atoms with E-state index in [1.165, 1.54) is 19.3 Å². The van der Waals surface area contributed by atoms with E-state index >= 15 is 0 Å². The lowest BCUT2D eigenvalue weighted by atomic mass is 9.41. The number of aldehydes is 1. The summed E-state index contributed by atoms with van der Waals surface area (Å²) >= 11 is 0. The molecule has 18 atom stereocenters. The predicted octanol–water partition coefficient (Wildman–Crippen LogP) is -0.788. The number of hydrogen-bond donors (Lipinski definition) is 8. The Labute approximate surface area is 295 Å². The molecule has 0 aromatic carbocycles. The van der Waals surface area contributed by atoms with Gasteiger partial charge in [0.2, 0.25) is 0 Å². The molecule has 51 heavy (non-hydrogen) atoms. The average molecular weight is 725 g/mol. The number of carbonyl (C=O) groups excluding carboxylic acids is 1. The van der Waals surface area contributed by atoms with Crippen molar-refractivity contribution in [1.29, 1.82) is 0 Å². The monoisotopic (exact) mass is 724 g/mol. The van der Waals surface area contributed by atoms with Gasteiger partial charge in [-0.25, -0.2) is 4.79 Å². The number of fused-ring (bicyclic) bond motifs is 5. The topological polar surface area (TPSA) is 246 Å². The van der Waals surface area contributed by atoms with E-state index in [-0.39, 0.29) is 37.0 Å². The molecule has 0 radical (unpaired) electrons. The van der Waals surface area contributed by atoms with Gasteiger partial charge in [0, 0.05) is 17.9 Å². The molecule has 4 aliphatic carbocycles. The first kappa shape index (κ1) is 37.5. The molecule has 286 valence electrons. The Bertz CT molecular complexity index is 1470. The van der Waals surface area contributed by atoms with Gasteiger partial charge in [0.05, 0.1) is 41.7 Å². The zero-order valence-corrected chi connectivity index (χ0v) is 28.9. The third-order valence-electron chi connectivity index (χ3n) is 14.1. The highest BCUT2D eigenvalue weighted by Gasteiger charge is 2.71. The summed E-state index contributed by atoms with van der Waals surface area (Å²) in [6.07, 6.45) is -8.89. The molecule has 4 saturated carbocycles. The van der Waals surface area contributed by atoms with Crippen molar-refractivity contribution in [2.75, 3.05) is 6.61 Å². The maximum atomic E-state index is 13.2. The Kier molecular flexibility index (Phi) is 9.89. The second-order valence-electron chi connectivity index (χ2n) is 16.3. The SMILES string of the molecule is C[C@H]1O[C@@H](OC[C@@H]2O[C@H](O[C@H]3CC[C@@]4(C=O)[C@@H]5CC[C@@]6(C)[C@@H](c7ccc(=O)oc7)CC[C@]6(O)[C@H]5CC[C@@]4(O)C3)[C@@H](O)[C@H](O)[C@H]2O)[C@H](O)[C@@H](O)[C@H]1O. The van der Waals surface area contributed by atoms with E-state index in [0.29, 0.717) is 38.5 Å². The summed E-state index contributed by atoms with van der Waals surface area (Å²) < 4.78 is 28.2. The maximum Gasteiger partial charge on any atom is 0.335 e. The van der Waals surface area contributed by atoms with E-state index in [0.717, 1.165) is 11.8 Å². The lowest BCUT2D eigenvalue weighted by Crippen LogP contribution is -2.69. The van der Waals surface area contributed by atoms with E-state index in [9.17, 15) is 50.4 Å². The highest BCUT2D eigenvalue weighted by atomic mass is 16.7. The van der Waals surface area contributed by atoms with Gasteiger partial charge in [-0.05, 0) is 87.7 Å². The summed E-state index contributed by atoms with van der Waals surface area (Å²) in [4.78, 5) is 24.8. The van der Waals surface area contributed by atoms with Crippen molar-refractivity contribution in [3.8, 4) is 0 Å². The van der Waals surface area contributed by atoms with Crippen LogP contribution in [0.5, 0.6) is 0 Å². The van der Waals surface area contributed by atoms with Crippen LogP contribution in [0.2, 0.25) is 0 Å². The zero-order chi connectivity index (χ0) is 36.7. The molecule has 2 saturated heterocycles. The number of hydrogen-bond acceptors (Lipinski definition) is 15. The van der Waals surface area contributed by atoms with Gasteiger partial charge in [0.25, 0.3) is 0 Å². The van der Waals surface area contributed by atoms with Crippen LogP contribution in [0.3, 0.4) is 0 Å². The molecule has 7 rings (SSSR count). The van der Waals surface area contributed by atoms with Crippen LogP contribution in [-0.2, 0) is 23.7 Å². The normalized spacial score (nSPS) is 52.7. The molecule has 1 aromatic rings. The lowest BCUT2D eigenvalue weighted by Gasteiger charge is -2.65. The van der Waals surface area contributed by atoms with Crippen LogP contribution in [0, 0.1) is 22.7 Å². The summed E-state index contributed by atoms with van der Waals surface area (Å²) in [6, 6.07) is 3.16. The van der Waals surface area contributed by atoms with Crippen LogP contribution in [0.25, 0.3) is 0 Å². The Morgan fingerprint density at radius 2 is 1.53 bits per heavy atom. The predicted molar refractivity (Wildman–Crippen MR) is 173 cm³/mol. The molecule has 0 bridgehead atoms. The molecule has 6 aliphatic rings. The van der Waals surface area contributed by atoms with E-state index < -0.39 is 102 Å². The Morgan fingerprint density at radius 1 is 0.824 bits per heavy atom. The van der Waals surface area contributed by atoms with Crippen molar-refractivity contribution in [2.45, 2.75) is 156 Å². The van der Waals surface area contributed by atoms with Gasteiger partial charge in [-0.2, -0.15) is 0 Å². The van der Waals surface area contributed by atoms with E-state index in [1.54, 1.807) is 6.07 Å². The highest BCUT2D eigenvalue weighted by molar-refractivity contribution is 5.64. The number of rotatable bonds is 7. The van der Waals surface area contributed by atoms with Crippen molar-refractivity contribution >= 4 is 6.29 Å². The van der Waals surface area contributed by atoms with Crippen molar-refractivity contribution in [3.63, 3.8) is 0 Å². The molecule has 1 aromatic heterocycles. The van der Waals surface area contributed by atoms with Crippen molar-refractivity contribution < 1.29 is 69.0 Å². The van der Waals surface area contributed by atoms with E-state index in [4.69, 9.17) is 23.4 Å². The molecule has 15 heteroatoms. The maximum absolute atomic E-state index is 13.2. The largest absolute Gasteiger partial charge is 0.431 e. The zero-order valence-electron chi connectivity index (χ0n) is 28.9. The first-order chi connectivity index (χ1) is 24.1. The standard InChI is InChI=1S/C36H52O15/c1-17-25(39)27(41)29(43)31(49-17)48-15-23-26(40)28(42)30(44)32(51-23)50-19-5-10-34(16-37)21-6-9-33(2)20(18-3-4-24(38)47-14-18)8-12-36(33,46)22(21)7-11-35(34,45)13-19/h3-4,14,16-17,19-23,25-32,39-46H,5-13,15H2,1-2H3/t17-,19+,20-,21-,22+,23+,25+,26+,27+,28-,29-,30+,31-,32+,33+,34-,35-,36+/m1/s1. The molecular formula is C36H52O15. The van der Waals surface area contributed by atoms with Crippen molar-refractivity contribution in [3.05, 3.63) is 34.4 Å². The molecule has 0 spiro atoms. The fraction of sp³-hybridized carbons (Fsp3) is 0.833. The van der Waals surface area contributed by atoms with Crippen LogP contribution >= 0.6 is 0 Å². The van der Waals surface area contributed by atoms with Crippen LogP contribution < -0.4 is 5.63 Å². The first-order valence-corrected chi connectivity index (χ1v) is 18.3. The fourth-order valence-corrected chi connectivity index (χ4v) is 11.0. The minimum absolute atomic E-state index is 0.0294. The van der Waals surface area contributed by atoms with Crippen LogP contribution in [0.4, 0.5) is 0 Å². The van der Waals surface area contributed by atoms with E-state index in [2.05, 4.69) is 6.92 Å². The molecule has 2 aliphatic heterocycles. The summed E-state index contributed by atoms with van der Waals surface area (Å²) in [5.74, 6) is -0.548. The quantitative estimate of drug-likeness (QED) is 0.127. The molecular weight excluding hydrogens is 672 g/mol. The smallest absolute Gasteiger partial charge is 0.335 e. The molecule has 0 unspecified atom stereocenters. The number of aliphatic hydroxyl groups excluding tert-OH is 6. The Hall–Kier alpha value is -1.86. The molecule has 6 fully saturated rings. The van der Waals surface area contributed by atoms with Gasteiger partial charge >= 0.3 is 5.63 Å². The number of aliphatic hydroxyl groups is 8. The van der Waals surface area contributed by atoms with Crippen LogP contribution in [0.15, 0.2) is 27.6 Å². The number of ether oxygens (including phenoxy) is 4. The Morgan fingerprint density at radius 3 is 2.24 bits per heavy atom. The fourth-order valence-electron chi connectivity index (χ4n) is 11.0. The van der Waals surface area contributed by atoms with Crippen LogP contribution in [0.1, 0.15) is 83.1 Å². The minimum atomic E-state index is -1.70.